The van der Waals surface area contributed by atoms with Crippen LogP contribution in [0.1, 0.15) is 40.5 Å². The number of amides is 3. The van der Waals surface area contributed by atoms with Crippen molar-refractivity contribution in [3.8, 4) is 0 Å². The minimum absolute atomic E-state index is 0.0624. The van der Waals surface area contributed by atoms with Crippen LogP contribution in [0.25, 0.3) is 0 Å². The number of hydrogen-bond acceptors (Lipinski definition) is 7. The normalized spacial score (nSPS) is 16.1. The zero-order valence-corrected chi connectivity index (χ0v) is 16.8. The van der Waals surface area contributed by atoms with Gasteiger partial charge < -0.3 is 37.0 Å². The molecule has 3 amide bonds. The van der Waals surface area contributed by atoms with Crippen LogP contribution in [0, 0.1) is 5.92 Å². The van der Waals surface area contributed by atoms with Gasteiger partial charge in [0, 0.05) is 0 Å². The molecular formula is C17H30N4O8. The first-order chi connectivity index (χ1) is 13.3. The highest BCUT2D eigenvalue weighted by Crippen LogP contribution is 2.07. The van der Waals surface area contributed by atoms with E-state index in [9.17, 15) is 29.1 Å². The topological polar surface area (TPSA) is 208 Å². The Morgan fingerprint density at radius 2 is 1.41 bits per heavy atom. The molecule has 12 heteroatoms. The van der Waals surface area contributed by atoms with E-state index in [1.54, 1.807) is 13.8 Å². The lowest BCUT2D eigenvalue weighted by molar-refractivity contribution is -0.142. The summed E-state index contributed by atoms with van der Waals surface area (Å²) < 4.78 is 0. The van der Waals surface area contributed by atoms with Gasteiger partial charge in [-0.2, -0.15) is 0 Å². The van der Waals surface area contributed by atoms with Gasteiger partial charge in [-0.15, -0.1) is 0 Å². The Morgan fingerprint density at radius 1 is 0.862 bits per heavy atom. The van der Waals surface area contributed by atoms with E-state index in [4.69, 9.17) is 15.9 Å². The maximum Gasteiger partial charge on any atom is 0.325 e. The van der Waals surface area contributed by atoms with Gasteiger partial charge in [0.05, 0.1) is 18.6 Å². The first-order valence-corrected chi connectivity index (χ1v) is 9.05. The number of hydrogen-bond donors (Lipinski definition) is 7. The molecule has 5 atom stereocenters. The molecule has 0 fully saturated rings. The number of aliphatic hydroxyl groups excluding tert-OH is 1. The number of carbonyl (C=O) groups excluding carboxylic acids is 3. The third-order valence-electron chi connectivity index (χ3n) is 3.86. The van der Waals surface area contributed by atoms with Crippen molar-refractivity contribution in [3.63, 3.8) is 0 Å². The van der Waals surface area contributed by atoms with E-state index >= 15 is 0 Å². The summed E-state index contributed by atoms with van der Waals surface area (Å²) in [6, 6.07) is -5.24. The van der Waals surface area contributed by atoms with E-state index in [0.29, 0.717) is 0 Å². The molecule has 5 unspecified atom stereocenters. The van der Waals surface area contributed by atoms with Crippen molar-refractivity contribution in [1.82, 2.24) is 16.0 Å². The number of carboxylic acid groups (broad SMARTS) is 2. The Balaban J connectivity index is 5.29. The summed E-state index contributed by atoms with van der Waals surface area (Å²) in [7, 11) is 0. The average Bonchev–Trinajstić information content (AvgIpc) is 2.56. The molecule has 0 bridgehead atoms. The number of carbonyl (C=O) groups is 5. The van der Waals surface area contributed by atoms with Crippen molar-refractivity contribution >= 4 is 29.7 Å². The van der Waals surface area contributed by atoms with Crippen LogP contribution in [0.4, 0.5) is 0 Å². The molecule has 12 nitrogen and oxygen atoms in total. The van der Waals surface area contributed by atoms with Gasteiger partial charge in [-0.3, -0.25) is 24.0 Å². The standard InChI is InChI=1S/C17H30N4O8/c1-7(2)5-11(20-14(25)10(18)6-12(23)24)15(26)21-13(9(4)22)16(27)19-8(3)17(28)29/h7-11,13,22H,5-6,18H2,1-4H3,(H,19,27)(H,20,25)(H,21,26)(H,23,24)(H,28,29). The second-order valence-electron chi connectivity index (χ2n) is 7.19. The summed E-state index contributed by atoms with van der Waals surface area (Å²) in [5.74, 6) is -5.22. The highest BCUT2D eigenvalue weighted by molar-refractivity contribution is 5.94. The van der Waals surface area contributed by atoms with Crippen LogP contribution >= 0.6 is 0 Å². The van der Waals surface area contributed by atoms with Crippen LogP contribution in [0.15, 0.2) is 0 Å². The fourth-order valence-electron chi connectivity index (χ4n) is 2.29. The lowest BCUT2D eigenvalue weighted by Gasteiger charge is -2.26. The number of nitrogens with one attached hydrogen (secondary N) is 3. The van der Waals surface area contributed by atoms with E-state index < -0.39 is 66.4 Å². The number of aliphatic hydroxyl groups is 1. The molecule has 166 valence electrons. The Morgan fingerprint density at radius 3 is 1.83 bits per heavy atom. The van der Waals surface area contributed by atoms with Crippen molar-refractivity contribution in [2.75, 3.05) is 0 Å². The predicted octanol–water partition coefficient (Wildman–Crippen LogP) is -2.23. The molecule has 0 radical (unpaired) electrons. The predicted molar refractivity (Wildman–Crippen MR) is 100 cm³/mol. The molecule has 0 saturated carbocycles. The number of rotatable bonds is 12. The SMILES string of the molecule is CC(C)CC(NC(=O)C(N)CC(=O)O)C(=O)NC(C(=O)NC(C)C(=O)O)C(C)O. The lowest BCUT2D eigenvalue weighted by Crippen LogP contribution is -2.59. The molecule has 0 aromatic rings. The molecule has 0 spiro atoms. The molecule has 0 rings (SSSR count). The van der Waals surface area contributed by atoms with Crippen LogP contribution in [-0.4, -0.2) is 75.3 Å². The number of aliphatic carboxylic acids is 2. The summed E-state index contributed by atoms with van der Waals surface area (Å²) in [4.78, 5) is 58.5. The van der Waals surface area contributed by atoms with Crippen LogP contribution in [-0.2, 0) is 24.0 Å². The van der Waals surface area contributed by atoms with Crippen LogP contribution in [0.3, 0.4) is 0 Å². The van der Waals surface area contributed by atoms with Gasteiger partial charge in [-0.1, -0.05) is 13.8 Å². The molecule has 0 aromatic heterocycles. The van der Waals surface area contributed by atoms with Crippen LogP contribution in [0.2, 0.25) is 0 Å². The van der Waals surface area contributed by atoms with E-state index in [1.807, 2.05) is 0 Å². The smallest absolute Gasteiger partial charge is 0.325 e. The zero-order chi connectivity index (χ0) is 22.9. The van der Waals surface area contributed by atoms with Crippen LogP contribution < -0.4 is 21.7 Å². The van der Waals surface area contributed by atoms with E-state index in [-0.39, 0.29) is 12.3 Å². The maximum atomic E-state index is 12.6. The highest BCUT2D eigenvalue weighted by atomic mass is 16.4. The lowest BCUT2D eigenvalue weighted by atomic mass is 10.0. The molecule has 29 heavy (non-hydrogen) atoms. The Hall–Kier alpha value is -2.73. The van der Waals surface area contributed by atoms with Crippen LogP contribution in [0.5, 0.6) is 0 Å². The van der Waals surface area contributed by atoms with Crippen molar-refractivity contribution in [1.29, 1.82) is 0 Å². The second-order valence-corrected chi connectivity index (χ2v) is 7.19. The second kappa shape index (κ2) is 12.0. The maximum absolute atomic E-state index is 12.6. The van der Waals surface area contributed by atoms with E-state index in [0.717, 1.165) is 0 Å². The first kappa shape index (κ1) is 26.3. The summed E-state index contributed by atoms with van der Waals surface area (Å²) in [6.45, 7) is 6.00. The molecular weight excluding hydrogens is 388 g/mol. The largest absolute Gasteiger partial charge is 0.481 e. The molecule has 0 heterocycles. The number of nitrogens with two attached hydrogens (primary N) is 1. The van der Waals surface area contributed by atoms with Crippen molar-refractivity contribution < 1.29 is 39.3 Å². The Labute approximate surface area is 168 Å². The Kier molecular flexibility index (Phi) is 10.8. The van der Waals surface area contributed by atoms with Crippen molar-refractivity contribution in [2.24, 2.45) is 11.7 Å². The zero-order valence-electron chi connectivity index (χ0n) is 16.8. The quantitative estimate of drug-likeness (QED) is 0.183. The highest BCUT2D eigenvalue weighted by Gasteiger charge is 2.32. The van der Waals surface area contributed by atoms with Gasteiger partial charge in [-0.05, 0) is 26.2 Å². The third kappa shape index (κ3) is 9.85. The van der Waals surface area contributed by atoms with Crippen molar-refractivity contribution in [3.05, 3.63) is 0 Å². The van der Waals surface area contributed by atoms with Gasteiger partial charge in [0.15, 0.2) is 0 Å². The average molecular weight is 418 g/mol. The third-order valence-corrected chi connectivity index (χ3v) is 3.86. The van der Waals surface area contributed by atoms with Gasteiger partial charge in [-0.25, -0.2) is 0 Å². The molecule has 0 saturated heterocycles. The first-order valence-electron chi connectivity index (χ1n) is 9.05. The number of carboxylic acids is 2. The molecule has 8 N–H and O–H groups in total. The summed E-state index contributed by atoms with van der Waals surface area (Å²) in [5, 5.41) is 34.2. The van der Waals surface area contributed by atoms with Gasteiger partial charge in [0.25, 0.3) is 0 Å². The summed E-state index contributed by atoms with van der Waals surface area (Å²) in [5.41, 5.74) is 5.49. The molecule has 0 aliphatic carbocycles. The minimum Gasteiger partial charge on any atom is -0.481 e. The minimum atomic E-state index is -1.47. The van der Waals surface area contributed by atoms with Gasteiger partial charge >= 0.3 is 11.9 Å². The Bertz CT molecular complexity index is 623. The molecule has 0 aromatic carbocycles. The summed E-state index contributed by atoms with van der Waals surface area (Å²) >= 11 is 0. The molecule has 0 aliphatic rings. The van der Waals surface area contributed by atoms with Crippen molar-refractivity contribution in [2.45, 2.75) is 70.8 Å². The summed E-state index contributed by atoms with van der Waals surface area (Å²) in [6.07, 6.45) is -1.84. The van der Waals surface area contributed by atoms with Gasteiger partial charge in [0.1, 0.15) is 18.1 Å². The molecule has 0 aliphatic heterocycles. The monoisotopic (exact) mass is 418 g/mol. The fraction of sp³-hybridized carbons (Fsp3) is 0.706. The van der Waals surface area contributed by atoms with E-state index in [1.165, 1.54) is 13.8 Å². The van der Waals surface area contributed by atoms with E-state index in [2.05, 4.69) is 16.0 Å². The fourth-order valence-corrected chi connectivity index (χ4v) is 2.29. The van der Waals surface area contributed by atoms with Gasteiger partial charge in [0.2, 0.25) is 17.7 Å².